The van der Waals surface area contributed by atoms with Crippen LogP contribution >= 0.6 is 11.6 Å². The molecule has 1 amide bonds. The Kier molecular flexibility index (Phi) is 5.41. The molecule has 0 fully saturated rings. The number of aromatic nitrogens is 4. The Hall–Kier alpha value is -3.39. The van der Waals surface area contributed by atoms with Crippen LogP contribution in [-0.4, -0.2) is 30.7 Å². The molecule has 0 bridgehead atoms. The second-order valence-electron chi connectivity index (χ2n) is 7.58. The minimum absolute atomic E-state index is 0.00928. The zero-order chi connectivity index (χ0) is 22.3. The summed E-state index contributed by atoms with van der Waals surface area (Å²) >= 11 is 6.05. The number of aryl methyl sites for hydroxylation is 1. The molecule has 0 spiro atoms. The lowest BCUT2D eigenvalue weighted by molar-refractivity contribution is 0.0939. The third-order valence-corrected chi connectivity index (χ3v) is 5.60. The zero-order valence-electron chi connectivity index (χ0n) is 17.4. The lowest BCUT2D eigenvalue weighted by Gasteiger charge is -2.12. The van der Waals surface area contributed by atoms with Crippen LogP contribution < -0.4 is 16.6 Å². The molecule has 0 saturated carbocycles. The van der Waals surface area contributed by atoms with Gasteiger partial charge in [0.05, 0.1) is 17.4 Å². The maximum atomic E-state index is 13.2. The SMILES string of the molecule is CCC(C)NC(=O)c1ccc2c(=O)n(C)c3nn(Cc4cccc(Cl)c4)c(=O)n3c2c1. The molecule has 0 aliphatic heterocycles. The third kappa shape index (κ3) is 3.74. The number of halogens is 1. The van der Waals surface area contributed by atoms with E-state index in [2.05, 4.69) is 10.4 Å². The Labute approximate surface area is 182 Å². The monoisotopic (exact) mass is 439 g/mol. The fourth-order valence-corrected chi connectivity index (χ4v) is 3.67. The highest BCUT2D eigenvalue weighted by atomic mass is 35.5. The molecule has 4 aromatic rings. The van der Waals surface area contributed by atoms with Gasteiger partial charge in [-0.05, 0) is 49.2 Å². The Bertz CT molecular complexity index is 1430. The molecular weight excluding hydrogens is 418 g/mol. The number of hydrogen-bond acceptors (Lipinski definition) is 4. The molecule has 160 valence electrons. The zero-order valence-corrected chi connectivity index (χ0v) is 18.2. The highest BCUT2D eigenvalue weighted by molar-refractivity contribution is 6.30. The molecule has 0 aliphatic rings. The molecule has 0 radical (unpaired) electrons. The molecule has 0 aliphatic carbocycles. The molecule has 2 heterocycles. The number of fused-ring (bicyclic) bond motifs is 3. The second-order valence-corrected chi connectivity index (χ2v) is 8.02. The van der Waals surface area contributed by atoms with Gasteiger partial charge in [-0.3, -0.25) is 14.2 Å². The van der Waals surface area contributed by atoms with Crippen LogP contribution in [0, 0.1) is 0 Å². The van der Waals surface area contributed by atoms with E-state index in [-0.39, 0.29) is 29.8 Å². The summed E-state index contributed by atoms with van der Waals surface area (Å²) in [5.41, 5.74) is 0.821. The van der Waals surface area contributed by atoms with Crippen LogP contribution in [0.2, 0.25) is 5.02 Å². The van der Waals surface area contributed by atoms with Crippen molar-refractivity contribution in [2.45, 2.75) is 32.9 Å². The van der Waals surface area contributed by atoms with Crippen molar-refractivity contribution in [3.63, 3.8) is 0 Å². The highest BCUT2D eigenvalue weighted by Crippen LogP contribution is 2.15. The standard InChI is InChI=1S/C22H22ClN5O3/c1-4-13(2)24-19(29)15-8-9-17-18(11-15)28-21(26(3)20(17)30)25-27(22(28)31)12-14-6-5-7-16(23)10-14/h5-11,13H,4,12H2,1-3H3,(H,24,29). The van der Waals surface area contributed by atoms with Gasteiger partial charge in [0.25, 0.3) is 11.5 Å². The number of carbonyl (C=O) groups excluding carboxylic acids is 1. The fraction of sp³-hybridized carbons (Fsp3) is 0.273. The third-order valence-electron chi connectivity index (χ3n) is 5.37. The summed E-state index contributed by atoms with van der Waals surface area (Å²) < 4.78 is 3.98. The normalized spacial score (nSPS) is 12.4. The summed E-state index contributed by atoms with van der Waals surface area (Å²) in [5.74, 6) is -0.0616. The van der Waals surface area contributed by atoms with E-state index in [4.69, 9.17) is 11.6 Å². The number of nitrogens with one attached hydrogen (secondary N) is 1. The molecule has 2 aromatic carbocycles. The topological polar surface area (TPSA) is 90.4 Å². The maximum Gasteiger partial charge on any atom is 0.352 e. The van der Waals surface area contributed by atoms with Crippen molar-refractivity contribution >= 4 is 34.2 Å². The molecule has 1 N–H and O–H groups in total. The van der Waals surface area contributed by atoms with Gasteiger partial charge in [0.2, 0.25) is 5.78 Å². The number of carbonyl (C=O) groups is 1. The summed E-state index contributed by atoms with van der Waals surface area (Å²) in [7, 11) is 1.57. The van der Waals surface area contributed by atoms with Crippen LogP contribution in [0.15, 0.2) is 52.1 Å². The summed E-state index contributed by atoms with van der Waals surface area (Å²) in [6.45, 7) is 4.09. The van der Waals surface area contributed by atoms with Crippen LogP contribution in [0.1, 0.15) is 36.2 Å². The van der Waals surface area contributed by atoms with E-state index in [1.807, 2.05) is 19.9 Å². The van der Waals surface area contributed by atoms with Gasteiger partial charge in [0, 0.05) is 23.7 Å². The first-order valence-corrected chi connectivity index (χ1v) is 10.4. The Morgan fingerprint density at radius 2 is 1.97 bits per heavy atom. The average molecular weight is 440 g/mol. The molecule has 31 heavy (non-hydrogen) atoms. The molecule has 1 atom stereocenters. The fourth-order valence-electron chi connectivity index (χ4n) is 3.45. The van der Waals surface area contributed by atoms with Gasteiger partial charge in [-0.2, -0.15) is 0 Å². The molecule has 1 unspecified atom stereocenters. The minimum atomic E-state index is -0.407. The van der Waals surface area contributed by atoms with Crippen molar-refractivity contribution in [2.75, 3.05) is 0 Å². The van der Waals surface area contributed by atoms with E-state index < -0.39 is 5.69 Å². The molecule has 8 nitrogen and oxygen atoms in total. The number of rotatable bonds is 5. The summed E-state index contributed by atoms with van der Waals surface area (Å²) in [5, 5.41) is 8.16. The summed E-state index contributed by atoms with van der Waals surface area (Å²) in [6, 6.07) is 11.9. The van der Waals surface area contributed by atoms with Crippen LogP contribution in [0.3, 0.4) is 0 Å². The minimum Gasteiger partial charge on any atom is -0.350 e. The highest BCUT2D eigenvalue weighted by Gasteiger charge is 2.18. The van der Waals surface area contributed by atoms with Gasteiger partial charge in [-0.1, -0.05) is 30.7 Å². The quantitative estimate of drug-likeness (QED) is 0.517. The number of benzene rings is 2. The Morgan fingerprint density at radius 3 is 2.68 bits per heavy atom. The molecule has 9 heteroatoms. The van der Waals surface area contributed by atoms with Gasteiger partial charge >= 0.3 is 5.69 Å². The predicted molar refractivity (Wildman–Crippen MR) is 120 cm³/mol. The van der Waals surface area contributed by atoms with Crippen molar-refractivity contribution in [2.24, 2.45) is 7.05 Å². The Morgan fingerprint density at radius 1 is 1.19 bits per heavy atom. The van der Waals surface area contributed by atoms with Crippen LogP contribution in [0.4, 0.5) is 0 Å². The number of amides is 1. The van der Waals surface area contributed by atoms with E-state index in [0.29, 0.717) is 21.5 Å². The Balaban J connectivity index is 1.91. The van der Waals surface area contributed by atoms with Crippen LogP contribution in [0.5, 0.6) is 0 Å². The average Bonchev–Trinajstić information content (AvgIpc) is 3.07. The van der Waals surface area contributed by atoms with E-state index >= 15 is 0 Å². The lowest BCUT2D eigenvalue weighted by Crippen LogP contribution is -2.32. The van der Waals surface area contributed by atoms with Crippen molar-refractivity contribution in [1.82, 2.24) is 24.1 Å². The van der Waals surface area contributed by atoms with Gasteiger partial charge in [-0.25, -0.2) is 13.9 Å². The molecule has 4 rings (SSSR count). The maximum absolute atomic E-state index is 13.2. The number of nitrogens with zero attached hydrogens (tertiary/aromatic N) is 4. The first kappa shape index (κ1) is 20.9. The van der Waals surface area contributed by atoms with Gasteiger partial charge in [-0.15, -0.1) is 5.10 Å². The van der Waals surface area contributed by atoms with Crippen molar-refractivity contribution in [1.29, 1.82) is 0 Å². The van der Waals surface area contributed by atoms with Gasteiger partial charge < -0.3 is 5.32 Å². The summed E-state index contributed by atoms with van der Waals surface area (Å²) in [4.78, 5) is 38.7. The number of hydrogen-bond donors (Lipinski definition) is 1. The smallest absolute Gasteiger partial charge is 0.350 e. The predicted octanol–water partition coefficient (Wildman–Crippen LogP) is 2.58. The van der Waals surface area contributed by atoms with E-state index in [0.717, 1.165) is 12.0 Å². The van der Waals surface area contributed by atoms with Gasteiger partial charge in [0.15, 0.2) is 0 Å². The largest absolute Gasteiger partial charge is 0.352 e. The van der Waals surface area contributed by atoms with E-state index in [1.54, 1.807) is 43.4 Å². The lowest BCUT2D eigenvalue weighted by atomic mass is 10.1. The van der Waals surface area contributed by atoms with E-state index in [1.165, 1.54) is 13.6 Å². The van der Waals surface area contributed by atoms with Crippen molar-refractivity contribution in [3.05, 3.63) is 79.5 Å². The molecular formula is C22H22ClN5O3. The van der Waals surface area contributed by atoms with Crippen molar-refractivity contribution in [3.8, 4) is 0 Å². The second kappa shape index (κ2) is 8.03. The van der Waals surface area contributed by atoms with Crippen molar-refractivity contribution < 1.29 is 4.79 Å². The first-order valence-electron chi connectivity index (χ1n) is 9.97. The van der Waals surface area contributed by atoms with Crippen LogP contribution in [-0.2, 0) is 13.6 Å². The first-order chi connectivity index (χ1) is 14.8. The van der Waals surface area contributed by atoms with E-state index in [9.17, 15) is 14.4 Å². The molecule has 0 saturated heterocycles. The summed E-state index contributed by atoms with van der Waals surface area (Å²) in [6.07, 6.45) is 0.792. The van der Waals surface area contributed by atoms with Crippen LogP contribution in [0.25, 0.3) is 16.7 Å². The molecule has 2 aromatic heterocycles. The van der Waals surface area contributed by atoms with Gasteiger partial charge in [0.1, 0.15) is 0 Å².